The number of aliphatic hydroxyl groups is 1. The van der Waals surface area contributed by atoms with Gasteiger partial charge in [-0.2, -0.15) is 5.10 Å². The Labute approximate surface area is 177 Å². The normalized spacial score (nSPS) is 11.4. The Balaban J connectivity index is 1.86. The summed E-state index contributed by atoms with van der Waals surface area (Å²) in [6.45, 7) is 0. The molecule has 0 fully saturated rings. The zero-order valence-electron chi connectivity index (χ0n) is 15.2. The second-order valence-electron chi connectivity index (χ2n) is 6.04. The van der Waals surface area contributed by atoms with E-state index in [1.54, 1.807) is 55.6 Å². The van der Waals surface area contributed by atoms with Crippen molar-refractivity contribution in [1.29, 1.82) is 0 Å². The first kappa shape index (κ1) is 20.0. The summed E-state index contributed by atoms with van der Waals surface area (Å²) in [4.78, 5) is 12.9. The average molecular weight is 486 g/mol. The second kappa shape index (κ2) is 8.99. The number of rotatable bonds is 6. The molecule has 0 atom stereocenters. The SMILES string of the molecule is COc1ccc(/C=N/NC(=O)C(O)(c2ccccc2)c2ccccc2)cc1I. The molecule has 0 spiro atoms. The minimum Gasteiger partial charge on any atom is -0.496 e. The van der Waals surface area contributed by atoms with Crippen molar-refractivity contribution in [3.63, 3.8) is 0 Å². The van der Waals surface area contributed by atoms with E-state index in [2.05, 4.69) is 33.1 Å². The fraction of sp³-hybridized carbons (Fsp3) is 0.0909. The molecule has 0 aromatic heterocycles. The number of hydrogen-bond acceptors (Lipinski definition) is 4. The van der Waals surface area contributed by atoms with Crippen molar-refractivity contribution in [2.45, 2.75) is 5.60 Å². The number of hydrogen-bond donors (Lipinski definition) is 2. The van der Waals surface area contributed by atoms with E-state index in [0.717, 1.165) is 14.9 Å². The highest BCUT2D eigenvalue weighted by molar-refractivity contribution is 14.1. The molecule has 2 N–H and O–H groups in total. The lowest BCUT2D eigenvalue weighted by Crippen LogP contribution is -2.43. The molecule has 0 saturated heterocycles. The van der Waals surface area contributed by atoms with Crippen molar-refractivity contribution >= 4 is 34.7 Å². The van der Waals surface area contributed by atoms with Crippen LogP contribution in [0.25, 0.3) is 0 Å². The molecule has 0 unspecified atom stereocenters. The van der Waals surface area contributed by atoms with E-state index in [9.17, 15) is 9.90 Å². The predicted octanol–water partition coefficient (Wildman–Crippen LogP) is 3.69. The van der Waals surface area contributed by atoms with Gasteiger partial charge in [0.2, 0.25) is 0 Å². The Morgan fingerprint density at radius 2 is 1.61 bits per heavy atom. The van der Waals surface area contributed by atoms with E-state index in [0.29, 0.717) is 11.1 Å². The molecule has 0 radical (unpaired) electrons. The molecule has 0 bridgehead atoms. The maximum absolute atomic E-state index is 12.9. The van der Waals surface area contributed by atoms with Gasteiger partial charge < -0.3 is 9.84 Å². The molecular weight excluding hydrogens is 467 g/mol. The molecule has 0 heterocycles. The fourth-order valence-corrected chi connectivity index (χ4v) is 3.56. The van der Waals surface area contributed by atoms with Gasteiger partial charge in [0, 0.05) is 0 Å². The van der Waals surface area contributed by atoms with Gasteiger partial charge in [-0.05, 0) is 57.5 Å². The molecule has 142 valence electrons. The summed E-state index contributed by atoms with van der Waals surface area (Å²) >= 11 is 2.17. The molecule has 3 rings (SSSR count). The summed E-state index contributed by atoms with van der Waals surface area (Å²) < 4.78 is 6.16. The average Bonchev–Trinajstić information content (AvgIpc) is 2.74. The van der Waals surface area contributed by atoms with Crippen molar-refractivity contribution in [3.8, 4) is 5.75 Å². The van der Waals surface area contributed by atoms with Crippen molar-refractivity contribution in [2.75, 3.05) is 7.11 Å². The fourth-order valence-electron chi connectivity index (χ4n) is 2.80. The van der Waals surface area contributed by atoms with E-state index >= 15 is 0 Å². The summed E-state index contributed by atoms with van der Waals surface area (Å²) in [6, 6.07) is 23.2. The lowest BCUT2D eigenvalue weighted by molar-refractivity contribution is -0.136. The van der Waals surface area contributed by atoms with Gasteiger partial charge >= 0.3 is 0 Å². The zero-order valence-corrected chi connectivity index (χ0v) is 17.3. The van der Waals surface area contributed by atoms with Crippen molar-refractivity contribution in [3.05, 3.63) is 99.1 Å². The van der Waals surface area contributed by atoms with Crippen LogP contribution in [0.15, 0.2) is 84.0 Å². The van der Waals surface area contributed by atoms with Crippen LogP contribution in [-0.4, -0.2) is 24.3 Å². The Kier molecular flexibility index (Phi) is 6.43. The summed E-state index contributed by atoms with van der Waals surface area (Å²) in [5.74, 6) is 0.133. The smallest absolute Gasteiger partial charge is 0.281 e. The third kappa shape index (κ3) is 4.23. The predicted molar refractivity (Wildman–Crippen MR) is 117 cm³/mol. The first-order valence-electron chi connectivity index (χ1n) is 8.56. The van der Waals surface area contributed by atoms with Gasteiger partial charge in [0.15, 0.2) is 5.60 Å². The number of amides is 1. The van der Waals surface area contributed by atoms with Gasteiger partial charge in [0.1, 0.15) is 5.75 Å². The molecule has 6 heteroatoms. The van der Waals surface area contributed by atoms with Gasteiger partial charge in [-0.1, -0.05) is 60.7 Å². The van der Waals surface area contributed by atoms with Crippen LogP contribution < -0.4 is 10.2 Å². The Morgan fingerprint density at radius 3 is 2.11 bits per heavy atom. The summed E-state index contributed by atoms with van der Waals surface area (Å²) in [6.07, 6.45) is 1.52. The Morgan fingerprint density at radius 1 is 1.04 bits per heavy atom. The molecule has 28 heavy (non-hydrogen) atoms. The quantitative estimate of drug-likeness (QED) is 0.317. The van der Waals surface area contributed by atoms with Crippen LogP contribution in [0, 0.1) is 3.57 Å². The molecule has 0 saturated carbocycles. The van der Waals surface area contributed by atoms with Crippen molar-refractivity contribution < 1.29 is 14.6 Å². The summed E-state index contributed by atoms with van der Waals surface area (Å²) in [5.41, 5.74) is 2.34. The molecule has 0 aliphatic rings. The molecule has 1 amide bonds. The van der Waals surface area contributed by atoms with Gasteiger partial charge in [-0.3, -0.25) is 4.79 Å². The van der Waals surface area contributed by atoms with Crippen LogP contribution in [-0.2, 0) is 10.4 Å². The van der Waals surface area contributed by atoms with E-state index < -0.39 is 11.5 Å². The first-order valence-corrected chi connectivity index (χ1v) is 9.64. The third-order valence-corrected chi connectivity index (χ3v) is 5.11. The molecular formula is C22H19IN2O3. The molecule has 0 aliphatic carbocycles. The van der Waals surface area contributed by atoms with E-state index in [1.165, 1.54) is 6.21 Å². The van der Waals surface area contributed by atoms with Crippen molar-refractivity contribution in [2.24, 2.45) is 5.10 Å². The number of halogens is 1. The Bertz CT molecular complexity index is 936. The van der Waals surface area contributed by atoms with Gasteiger partial charge in [0.25, 0.3) is 5.91 Å². The number of hydrazone groups is 1. The highest BCUT2D eigenvalue weighted by Crippen LogP contribution is 2.29. The van der Waals surface area contributed by atoms with E-state index in [-0.39, 0.29) is 0 Å². The van der Waals surface area contributed by atoms with Gasteiger partial charge in [-0.15, -0.1) is 0 Å². The summed E-state index contributed by atoms with van der Waals surface area (Å²) in [5, 5.41) is 15.4. The first-order chi connectivity index (χ1) is 13.6. The highest BCUT2D eigenvalue weighted by Gasteiger charge is 2.39. The number of methoxy groups -OCH3 is 1. The van der Waals surface area contributed by atoms with Crippen LogP contribution in [0.4, 0.5) is 0 Å². The monoisotopic (exact) mass is 486 g/mol. The number of carbonyl (C=O) groups is 1. The van der Waals surface area contributed by atoms with Crippen molar-refractivity contribution in [1.82, 2.24) is 5.43 Å². The van der Waals surface area contributed by atoms with Crippen LogP contribution in [0.1, 0.15) is 16.7 Å². The van der Waals surface area contributed by atoms with Gasteiger partial charge in [0.05, 0.1) is 16.9 Å². The number of nitrogens with zero attached hydrogens (tertiary/aromatic N) is 1. The minimum absolute atomic E-state index is 0.466. The van der Waals surface area contributed by atoms with Crippen LogP contribution >= 0.6 is 22.6 Å². The van der Waals surface area contributed by atoms with Crippen LogP contribution in [0.5, 0.6) is 5.75 Å². The maximum Gasteiger partial charge on any atom is 0.281 e. The Hall–Kier alpha value is -2.71. The topological polar surface area (TPSA) is 70.9 Å². The molecule has 5 nitrogen and oxygen atoms in total. The lowest BCUT2D eigenvalue weighted by Gasteiger charge is -2.27. The largest absolute Gasteiger partial charge is 0.496 e. The minimum atomic E-state index is -1.85. The highest BCUT2D eigenvalue weighted by atomic mass is 127. The number of nitrogens with one attached hydrogen (secondary N) is 1. The number of carbonyl (C=O) groups excluding carboxylic acids is 1. The van der Waals surface area contributed by atoms with E-state index in [1.807, 2.05) is 30.3 Å². The third-order valence-electron chi connectivity index (χ3n) is 4.27. The number of benzene rings is 3. The maximum atomic E-state index is 12.9. The van der Waals surface area contributed by atoms with E-state index in [4.69, 9.17) is 4.74 Å². The molecule has 3 aromatic carbocycles. The standard InChI is InChI=1S/C22H19IN2O3/c1-28-20-13-12-16(14-19(20)23)15-24-25-21(26)22(27,17-8-4-2-5-9-17)18-10-6-3-7-11-18/h2-15,27H,1H3,(H,25,26)/b24-15+. The van der Waals surface area contributed by atoms with Crippen LogP contribution in [0.3, 0.4) is 0 Å². The number of ether oxygens (including phenoxy) is 1. The van der Waals surface area contributed by atoms with Gasteiger partial charge in [-0.25, -0.2) is 5.43 Å². The molecule has 0 aliphatic heterocycles. The van der Waals surface area contributed by atoms with Crippen LogP contribution in [0.2, 0.25) is 0 Å². The summed E-state index contributed by atoms with van der Waals surface area (Å²) in [7, 11) is 1.61. The lowest BCUT2D eigenvalue weighted by atomic mass is 9.85. The molecule has 3 aromatic rings. The zero-order chi connectivity index (χ0) is 20.0. The second-order valence-corrected chi connectivity index (χ2v) is 7.20.